The van der Waals surface area contributed by atoms with E-state index in [9.17, 15) is 5.11 Å². The van der Waals surface area contributed by atoms with Crippen LogP contribution in [0.5, 0.6) is 0 Å². The van der Waals surface area contributed by atoms with Crippen LogP contribution in [0.15, 0.2) is 0 Å². The Hall–Kier alpha value is -0.0400. The van der Waals surface area contributed by atoms with E-state index in [0.29, 0.717) is 11.3 Å². The highest BCUT2D eigenvalue weighted by atomic mass is 16.3. The first-order chi connectivity index (χ1) is 10.00. The van der Waals surface area contributed by atoms with Crippen LogP contribution in [0.2, 0.25) is 0 Å². The van der Waals surface area contributed by atoms with Crippen molar-refractivity contribution in [1.29, 1.82) is 0 Å². The summed E-state index contributed by atoms with van der Waals surface area (Å²) in [4.78, 5) is 0. The largest absolute Gasteiger partial charge is 0.393 e. The number of aliphatic hydroxyl groups excluding tert-OH is 1. The molecule has 0 heterocycles. The summed E-state index contributed by atoms with van der Waals surface area (Å²) in [5.41, 5.74) is 0.330. The molecule has 0 aliphatic heterocycles. The van der Waals surface area contributed by atoms with E-state index in [1.807, 2.05) is 0 Å². The minimum Gasteiger partial charge on any atom is -0.393 e. The fourth-order valence-electron chi connectivity index (χ4n) is 7.47. The SMILES string of the molecule is CC1C(O)CC2CCC3C4CCCC4CCC3C2C1(C)C. The van der Waals surface area contributed by atoms with Crippen LogP contribution in [0.1, 0.15) is 72.1 Å². The van der Waals surface area contributed by atoms with Gasteiger partial charge in [0, 0.05) is 0 Å². The van der Waals surface area contributed by atoms with Gasteiger partial charge in [-0.05, 0) is 85.4 Å². The van der Waals surface area contributed by atoms with Gasteiger partial charge in [0.25, 0.3) is 0 Å². The zero-order valence-corrected chi connectivity index (χ0v) is 14.2. The van der Waals surface area contributed by atoms with Gasteiger partial charge in [0.2, 0.25) is 0 Å². The molecule has 4 fully saturated rings. The van der Waals surface area contributed by atoms with Crippen molar-refractivity contribution < 1.29 is 5.11 Å². The van der Waals surface area contributed by atoms with E-state index in [4.69, 9.17) is 0 Å². The molecule has 4 rings (SSSR count). The summed E-state index contributed by atoms with van der Waals surface area (Å²) < 4.78 is 0. The molecule has 4 aliphatic carbocycles. The lowest BCUT2D eigenvalue weighted by molar-refractivity contribution is -0.139. The molecule has 4 saturated carbocycles. The topological polar surface area (TPSA) is 20.2 Å². The predicted octanol–water partition coefficient (Wildman–Crippen LogP) is 4.88. The standard InChI is InChI=1S/C20H34O/c1-12-18(21)11-14-8-9-16-15-6-4-5-13(15)7-10-17(16)19(14)20(12,2)3/h12-19,21H,4-11H2,1-3H3. The summed E-state index contributed by atoms with van der Waals surface area (Å²) in [6.07, 6.45) is 11.5. The second-order valence-corrected chi connectivity index (χ2v) is 9.54. The van der Waals surface area contributed by atoms with E-state index >= 15 is 0 Å². The highest BCUT2D eigenvalue weighted by Crippen LogP contribution is 2.62. The first kappa shape index (κ1) is 14.5. The molecule has 1 heteroatoms. The van der Waals surface area contributed by atoms with E-state index in [0.717, 1.165) is 41.9 Å². The second kappa shape index (κ2) is 4.98. The molecule has 0 bridgehead atoms. The van der Waals surface area contributed by atoms with Gasteiger partial charge >= 0.3 is 0 Å². The van der Waals surface area contributed by atoms with Crippen LogP contribution < -0.4 is 0 Å². The molecular formula is C20H34O. The maximum Gasteiger partial charge on any atom is 0.0573 e. The lowest BCUT2D eigenvalue weighted by Gasteiger charge is -2.60. The van der Waals surface area contributed by atoms with Gasteiger partial charge < -0.3 is 5.11 Å². The second-order valence-electron chi connectivity index (χ2n) is 9.54. The first-order valence-electron chi connectivity index (χ1n) is 9.68. The molecule has 0 aromatic heterocycles. The maximum atomic E-state index is 10.5. The van der Waals surface area contributed by atoms with Crippen LogP contribution in [-0.2, 0) is 0 Å². The Bertz CT molecular complexity index is 401. The van der Waals surface area contributed by atoms with Crippen LogP contribution in [0, 0.1) is 46.8 Å². The Labute approximate surface area is 130 Å². The van der Waals surface area contributed by atoms with E-state index < -0.39 is 0 Å². The molecule has 1 N–H and O–H groups in total. The quantitative estimate of drug-likeness (QED) is 0.674. The van der Waals surface area contributed by atoms with Gasteiger partial charge in [-0.1, -0.05) is 33.6 Å². The zero-order valence-electron chi connectivity index (χ0n) is 14.2. The lowest BCUT2D eigenvalue weighted by Crippen LogP contribution is -2.55. The van der Waals surface area contributed by atoms with Gasteiger partial charge in [-0.2, -0.15) is 0 Å². The molecule has 8 atom stereocenters. The molecule has 4 aliphatic rings. The number of hydrogen-bond donors (Lipinski definition) is 1. The van der Waals surface area contributed by atoms with Crippen molar-refractivity contribution in [3.05, 3.63) is 0 Å². The van der Waals surface area contributed by atoms with Gasteiger partial charge in [-0.25, -0.2) is 0 Å². The van der Waals surface area contributed by atoms with Gasteiger partial charge in [0.05, 0.1) is 6.10 Å². The molecule has 21 heavy (non-hydrogen) atoms. The Morgan fingerprint density at radius 1 is 0.810 bits per heavy atom. The number of hydrogen-bond acceptors (Lipinski definition) is 1. The summed E-state index contributed by atoms with van der Waals surface area (Å²) in [7, 11) is 0. The van der Waals surface area contributed by atoms with E-state index in [1.165, 1.54) is 44.9 Å². The molecule has 1 nitrogen and oxygen atoms in total. The molecule has 8 unspecified atom stereocenters. The Morgan fingerprint density at radius 3 is 2.33 bits per heavy atom. The fourth-order valence-corrected chi connectivity index (χ4v) is 7.47. The van der Waals surface area contributed by atoms with Crippen LogP contribution in [-0.4, -0.2) is 11.2 Å². The van der Waals surface area contributed by atoms with Crippen LogP contribution in [0.25, 0.3) is 0 Å². The number of aliphatic hydroxyl groups is 1. The summed E-state index contributed by atoms with van der Waals surface area (Å²) in [5.74, 6) is 6.34. The Kier molecular flexibility index (Phi) is 3.45. The monoisotopic (exact) mass is 290 g/mol. The normalized spacial score (nSPS) is 55.4. The minimum absolute atomic E-state index is 0.0550. The average Bonchev–Trinajstić information content (AvgIpc) is 2.93. The van der Waals surface area contributed by atoms with Crippen molar-refractivity contribution >= 4 is 0 Å². The predicted molar refractivity (Wildman–Crippen MR) is 86.8 cm³/mol. The van der Waals surface area contributed by atoms with Crippen molar-refractivity contribution in [2.75, 3.05) is 0 Å². The highest BCUT2D eigenvalue weighted by Gasteiger charge is 2.56. The van der Waals surface area contributed by atoms with Crippen LogP contribution >= 0.6 is 0 Å². The smallest absolute Gasteiger partial charge is 0.0573 e. The Balaban J connectivity index is 1.64. The fraction of sp³-hybridized carbons (Fsp3) is 1.00. The molecule has 0 aromatic carbocycles. The first-order valence-corrected chi connectivity index (χ1v) is 9.68. The van der Waals surface area contributed by atoms with Gasteiger partial charge in [-0.15, -0.1) is 0 Å². The lowest BCUT2D eigenvalue weighted by atomic mass is 9.46. The molecule has 0 saturated heterocycles. The molecule has 0 spiro atoms. The summed E-state index contributed by atoms with van der Waals surface area (Å²) in [5, 5.41) is 10.5. The van der Waals surface area contributed by atoms with Crippen molar-refractivity contribution in [3.8, 4) is 0 Å². The van der Waals surface area contributed by atoms with Crippen molar-refractivity contribution in [3.63, 3.8) is 0 Å². The Morgan fingerprint density at radius 2 is 1.52 bits per heavy atom. The van der Waals surface area contributed by atoms with Crippen LogP contribution in [0.3, 0.4) is 0 Å². The van der Waals surface area contributed by atoms with Gasteiger partial charge in [0.15, 0.2) is 0 Å². The maximum absolute atomic E-state index is 10.5. The third-order valence-electron chi connectivity index (χ3n) is 8.68. The van der Waals surface area contributed by atoms with E-state index in [1.54, 1.807) is 0 Å². The molecule has 0 radical (unpaired) electrons. The summed E-state index contributed by atoms with van der Waals surface area (Å²) in [6, 6.07) is 0. The zero-order chi connectivity index (χ0) is 14.8. The summed E-state index contributed by atoms with van der Waals surface area (Å²) >= 11 is 0. The van der Waals surface area contributed by atoms with Crippen molar-refractivity contribution in [2.24, 2.45) is 46.8 Å². The third kappa shape index (κ3) is 2.06. The van der Waals surface area contributed by atoms with Crippen molar-refractivity contribution in [2.45, 2.75) is 78.2 Å². The highest BCUT2D eigenvalue weighted by molar-refractivity contribution is 5.05. The van der Waals surface area contributed by atoms with E-state index in [-0.39, 0.29) is 6.10 Å². The molecular weight excluding hydrogens is 256 g/mol. The van der Waals surface area contributed by atoms with E-state index in [2.05, 4.69) is 20.8 Å². The van der Waals surface area contributed by atoms with Crippen molar-refractivity contribution in [1.82, 2.24) is 0 Å². The van der Waals surface area contributed by atoms with Gasteiger partial charge in [-0.3, -0.25) is 0 Å². The molecule has 0 aromatic rings. The van der Waals surface area contributed by atoms with Crippen LogP contribution in [0.4, 0.5) is 0 Å². The summed E-state index contributed by atoms with van der Waals surface area (Å²) in [6.45, 7) is 7.26. The third-order valence-corrected chi connectivity index (χ3v) is 8.68. The average molecular weight is 290 g/mol. The number of rotatable bonds is 0. The molecule has 0 amide bonds. The van der Waals surface area contributed by atoms with Gasteiger partial charge in [0.1, 0.15) is 0 Å². The minimum atomic E-state index is -0.0550. The number of fused-ring (bicyclic) bond motifs is 5. The molecule has 120 valence electrons.